The van der Waals surface area contributed by atoms with Gasteiger partial charge in [0, 0.05) is 25.2 Å². The zero-order valence-corrected chi connectivity index (χ0v) is 19.6. The number of amides is 2. The first-order valence-electron chi connectivity index (χ1n) is 12.0. The second-order valence-electron chi connectivity index (χ2n) is 9.83. The van der Waals surface area contributed by atoms with Crippen molar-refractivity contribution in [3.63, 3.8) is 0 Å². The summed E-state index contributed by atoms with van der Waals surface area (Å²) in [7, 11) is 0. The lowest BCUT2D eigenvalue weighted by Gasteiger charge is -2.33. The van der Waals surface area contributed by atoms with E-state index in [1.165, 1.54) is 12.1 Å². The van der Waals surface area contributed by atoms with Crippen LogP contribution in [0.4, 0.5) is 4.39 Å². The fraction of sp³-hybridized carbons (Fsp3) is 0.481. The van der Waals surface area contributed by atoms with E-state index in [9.17, 15) is 14.0 Å². The monoisotopic (exact) mass is 451 g/mol. The summed E-state index contributed by atoms with van der Waals surface area (Å²) in [6.07, 6.45) is 2.69. The highest BCUT2D eigenvalue weighted by Crippen LogP contribution is 2.27. The van der Waals surface area contributed by atoms with Crippen LogP contribution in [0.3, 0.4) is 0 Å². The summed E-state index contributed by atoms with van der Waals surface area (Å²) in [6.45, 7) is 8.08. The van der Waals surface area contributed by atoms with Gasteiger partial charge in [0.2, 0.25) is 5.91 Å². The first-order valence-corrected chi connectivity index (χ1v) is 12.0. The van der Waals surface area contributed by atoms with E-state index >= 15 is 0 Å². The molecular weight excluding hydrogens is 417 g/mol. The van der Waals surface area contributed by atoms with Gasteiger partial charge < -0.3 is 10.2 Å². The fourth-order valence-corrected chi connectivity index (χ4v) is 4.91. The summed E-state index contributed by atoms with van der Waals surface area (Å²) in [4.78, 5) is 30.3. The molecule has 176 valence electrons. The molecule has 0 radical (unpaired) electrons. The number of hydrogen-bond donors (Lipinski definition) is 1. The van der Waals surface area contributed by atoms with Crippen LogP contribution in [0.25, 0.3) is 0 Å². The van der Waals surface area contributed by atoms with Crippen molar-refractivity contribution in [2.24, 2.45) is 11.8 Å². The Kier molecular flexibility index (Phi) is 7.43. The highest BCUT2D eigenvalue weighted by molar-refractivity contribution is 6.01. The van der Waals surface area contributed by atoms with Crippen molar-refractivity contribution in [3.8, 4) is 0 Å². The van der Waals surface area contributed by atoms with Gasteiger partial charge >= 0.3 is 0 Å². The molecule has 33 heavy (non-hydrogen) atoms. The van der Waals surface area contributed by atoms with Crippen LogP contribution in [0.15, 0.2) is 48.5 Å². The maximum absolute atomic E-state index is 13.2. The van der Waals surface area contributed by atoms with Gasteiger partial charge in [-0.2, -0.15) is 0 Å². The van der Waals surface area contributed by atoms with E-state index in [1.54, 1.807) is 4.90 Å². The molecule has 0 bridgehead atoms. The molecule has 2 aliphatic heterocycles. The molecule has 1 saturated heterocycles. The number of benzene rings is 2. The smallest absolute Gasteiger partial charge is 0.255 e. The van der Waals surface area contributed by atoms with E-state index in [1.807, 2.05) is 36.4 Å². The Morgan fingerprint density at radius 1 is 1.09 bits per heavy atom. The van der Waals surface area contributed by atoms with Gasteiger partial charge in [0.25, 0.3) is 5.91 Å². The molecule has 1 atom stereocenters. The maximum Gasteiger partial charge on any atom is 0.255 e. The van der Waals surface area contributed by atoms with Gasteiger partial charge in [0.15, 0.2) is 0 Å². The molecule has 4 rings (SSSR count). The largest absolute Gasteiger partial charge is 0.354 e. The molecule has 0 aromatic heterocycles. The molecule has 2 aromatic carbocycles. The molecule has 0 unspecified atom stereocenters. The SMILES string of the molecule is CC(C)C[C@@H](C(=O)NCC1CCN(Cc2ccc(F)cc2)CC1)N1Cc2ccccc2C1=O. The number of nitrogens with one attached hydrogen (secondary N) is 1. The Morgan fingerprint density at radius 2 is 1.79 bits per heavy atom. The van der Waals surface area contributed by atoms with E-state index in [0.29, 0.717) is 36.9 Å². The Bertz CT molecular complexity index is 968. The van der Waals surface area contributed by atoms with Crippen LogP contribution >= 0.6 is 0 Å². The number of carbonyl (C=O) groups is 2. The third-order valence-electron chi connectivity index (χ3n) is 6.81. The summed E-state index contributed by atoms with van der Waals surface area (Å²) < 4.78 is 13.1. The predicted molar refractivity (Wildman–Crippen MR) is 127 cm³/mol. The van der Waals surface area contributed by atoms with Crippen LogP contribution in [0, 0.1) is 17.7 Å². The van der Waals surface area contributed by atoms with E-state index in [-0.39, 0.29) is 17.6 Å². The zero-order valence-electron chi connectivity index (χ0n) is 19.6. The predicted octanol–water partition coefficient (Wildman–Crippen LogP) is 4.22. The standard InChI is InChI=1S/C27H34FN3O2/c1-19(2)15-25(31-18-22-5-3-4-6-24(22)27(31)33)26(32)29-16-20-11-13-30(14-12-20)17-21-7-9-23(28)10-8-21/h3-10,19-20,25H,11-18H2,1-2H3,(H,29,32)/t25-/m0/s1. The van der Waals surface area contributed by atoms with Gasteiger partial charge in [0.05, 0.1) is 0 Å². The van der Waals surface area contributed by atoms with Crippen LogP contribution in [0.2, 0.25) is 0 Å². The molecule has 2 heterocycles. The van der Waals surface area contributed by atoms with Gasteiger partial charge in [-0.05, 0) is 73.5 Å². The highest BCUT2D eigenvalue weighted by Gasteiger charge is 2.36. The van der Waals surface area contributed by atoms with Gasteiger partial charge in [-0.15, -0.1) is 0 Å². The maximum atomic E-state index is 13.2. The van der Waals surface area contributed by atoms with Crippen molar-refractivity contribution in [3.05, 3.63) is 71.0 Å². The summed E-state index contributed by atoms with van der Waals surface area (Å²) in [5.41, 5.74) is 2.83. The quantitative estimate of drug-likeness (QED) is 0.654. The lowest BCUT2D eigenvalue weighted by Crippen LogP contribution is -2.49. The number of likely N-dealkylation sites (tertiary alicyclic amines) is 1. The molecule has 2 aromatic rings. The minimum atomic E-state index is -0.441. The fourth-order valence-electron chi connectivity index (χ4n) is 4.91. The second kappa shape index (κ2) is 10.5. The van der Waals surface area contributed by atoms with Crippen molar-refractivity contribution in [2.75, 3.05) is 19.6 Å². The number of rotatable bonds is 8. The molecular formula is C27H34FN3O2. The third kappa shape index (κ3) is 5.80. The minimum Gasteiger partial charge on any atom is -0.354 e. The van der Waals surface area contributed by atoms with Gasteiger partial charge in [-0.1, -0.05) is 44.2 Å². The summed E-state index contributed by atoms with van der Waals surface area (Å²) >= 11 is 0. The molecule has 0 saturated carbocycles. The Hall–Kier alpha value is -2.73. The Labute approximate surface area is 196 Å². The number of halogens is 1. The molecule has 0 aliphatic carbocycles. The van der Waals surface area contributed by atoms with Crippen LogP contribution in [-0.2, 0) is 17.9 Å². The van der Waals surface area contributed by atoms with Crippen molar-refractivity contribution in [1.29, 1.82) is 0 Å². The van der Waals surface area contributed by atoms with E-state index in [4.69, 9.17) is 0 Å². The average molecular weight is 452 g/mol. The minimum absolute atomic E-state index is 0.0412. The summed E-state index contributed by atoms with van der Waals surface area (Å²) in [5, 5.41) is 3.16. The van der Waals surface area contributed by atoms with Crippen molar-refractivity contribution in [2.45, 2.75) is 52.2 Å². The molecule has 6 heteroatoms. The average Bonchev–Trinajstić information content (AvgIpc) is 3.14. The van der Waals surface area contributed by atoms with Gasteiger partial charge in [-0.25, -0.2) is 4.39 Å². The van der Waals surface area contributed by atoms with Gasteiger partial charge in [0.1, 0.15) is 11.9 Å². The Balaban J connectivity index is 1.28. The number of hydrogen-bond acceptors (Lipinski definition) is 3. The molecule has 0 spiro atoms. The van der Waals surface area contributed by atoms with E-state index in [0.717, 1.165) is 43.6 Å². The summed E-state index contributed by atoms with van der Waals surface area (Å²) in [6, 6.07) is 13.9. The van der Waals surface area contributed by atoms with Crippen molar-refractivity contribution >= 4 is 11.8 Å². The van der Waals surface area contributed by atoms with Crippen LogP contribution in [-0.4, -0.2) is 47.3 Å². The van der Waals surface area contributed by atoms with Crippen LogP contribution < -0.4 is 5.32 Å². The lowest BCUT2D eigenvalue weighted by molar-refractivity contribution is -0.126. The molecule has 1 fully saturated rings. The number of fused-ring (bicyclic) bond motifs is 1. The van der Waals surface area contributed by atoms with E-state index < -0.39 is 6.04 Å². The second-order valence-corrected chi connectivity index (χ2v) is 9.83. The van der Waals surface area contributed by atoms with Gasteiger partial charge in [-0.3, -0.25) is 14.5 Å². The van der Waals surface area contributed by atoms with Crippen LogP contribution in [0.5, 0.6) is 0 Å². The lowest BCUT2D eigenvalue weighted by atomic mass is 9.95. The molecule has 5 nitrogen and oxygen atoms in total. The first kappa shape index (κ1) is 23.4. The number of carbonyl (C=O) groups excluding carboxylic acids is 2. The molecule has 2 aliphatic rings. The van der Waals surface area contributed by atoms with E-state index in [2.05, 4.69) is 24.1 Å². The first-order chi connectivity index (χ1) is 15.9. The third-order valence-corrected chi connectivity index (χ3v) is 6.81. The topological polar surface area (TPSA) is 52.7 Å². The normalized spacial score (nSPS) is 17.9. The summed E-state index contributed by atoms with van der Waals surface area (Å²) in [5.74, 6) is 0.458. The molecule has 1 N–H and O–H groups in total. The van der Waals surface area contributed by atoms with Crippen LogP contribution in [0.1, 0.15) is 54.6 Å². The highest BCUT2D eigenvalue weighted by atomic mass is 19.1. The zero-order chi connectivity index (χ0) is 23.4. The van der Waals surface area contributed by atoms with Crippen molar-refractivity contribution < 1.29 is 14.0 Å². The number of piperidine rings is 1. The van der Waals surface area contributed by atoms with Crippen molar-refractivity contribution in [1.82, 2.24) is 15.1 Å². The molecule has 2 amide bonds. The Morgan fingerprint density at radius 3 is 2.45 bits per heavy atom. The number of nitrogens with zero attached hydrogens (tertiary/aromatic N) is 2.